The molecule has 2 aromatic carbocycles. The van der Waals surface area contributed by atoms with E-state index >= 15 is 0 Å². The Morgan fingerprint density at radius 2 is 1.62 bits per heavy atom. The van der Waals surface area contributed by atoms with Gasteiger partial charge in [0.2, 0.25) is 5.91 Å². The minimum Gasteiger partial charge on any atom is -0.322 e. The number of carbonyl (C=O) groups is 1. The van der Waals surface area contributed by atoms with Crippen LogP contribution in [0.5, 0.6) is 0 Å². The minimum absolute atomic E-state index is 0.0540. The number of thiophene rings is 1. The average molecular weight is 373 g/mol. The van der Waals surface area contributed by atoms with Crippen molar-refractivity contribution in [3.63, 3.8) is 0 Å². The number of alkyl halides is 3. The Morgan fingerprint density at radius 3 is 2.27 bits per heavy atom. The zero-order valence-corrected chi connectivity index (χ0v) is 14.3. The monoisotopic (exact) mass is 373 g/mol. The van der Waals surface area contributed by atoms with E-state index in [1.807, 2.05) is 29.6 Å². The smallest absolute Gasteiger partial charge is 0.322 e. The molecule has 132 valence electrons. The van der Waals surface area contributed by atoms with Crippen molar-refractivity contribution in [2.75, 3.05) is 5.32 Å². The van der Waals surface area contributed by atoms with Gasteiger partial charge in [0, 0.05) is 22.2 Å². The van der Waals surface area contributed by atoms with Crippen molar-refractivity contribution in [3.05, 3.63) is 83.7 Å². The fourth-order valence-electron chi connectivity index (χ4n) is 2.49. The molecule has 0 saturated carbocycles. The number of allylic oxidation sites excluding steroid dienone is 1. The van der Waals surface area contributed by atoms with E-state index in [0.29, 0.717) is 11.8 Å². The molecule has 0 saturated heterocycles. The maximum absolute atomic E-state index is 13.4. The lowest BCUT2D eigenvalue weighted by molar-refractivity contribution is -0.112. The van der Waals surface area contributed by atoms with E-state index < -0.39 is 17.7 Å². The van der Waals surface area contributed by atoms with Gasteiger partial charge in [0.25, 0.3) is 0 Å². The number of hydrogen-bond acceptors (Lipinski definition) is 2. The second-order valence-electron chi connectivity index (χ2n) is 5.43. The molecule has 1 aromatic heterocycles. The van der Waals surface area contributed by atoms with E-state index in [2.05, 4.69) is 5.32 Å². The van der Waals surface area contributed by atoms with Crippen molar-refractivity contribution in [3.8, 4) is 10.4 Å². The van der Waals surface area contributed by atoms with Crippen LogP contribution < -0.4 is 5.32 Å². The van der Waals surface area contributed by atoms with Gasteiger partial charge >= 0.3 is 6.18 Å². The van der Waals surface area contributed by atoms with Gasteiger partial charge in [-0.15, -0.1) is 11.3 Å². The Bertz CT molecular complexity index is 916. The van der Waals surface area contributed by atoms with Gasteiger partial charge in [-0.2, -0.15) is 13.2 Å². The summed E-state index contributed by atoms with van der Waals surface area (Å²) in [6.07, 6.45) is -4.04. The highest BCUT2D eigenvalue weighted by Crippen LogP contribution is 2.34. The maximum Gasteiger partial charge on any atom is 0.417 e. The summed E-state index contributed by atoms with van der Waals surface area (Å²) < 4.78 is 40.1. The van der Waals surface area contributed by atoms with E-state index in [4.69, 9.17) is 0 Å². The van der Waals surface area contributed by atoms with Gasteiger partial charge in [0.05, 0.1) is 5.57 Å². The normalized spacial score (nSPS) is 12.0. The summed E-state index contributed by atoms with van der Waals surface area (Å²) >= 11 is 1.49. The number of hydrogen-bond donors (Lipinski definition) is 1. The summed E-state index contributed by atoms with van der Waals surface area (Å²) in [7, 11) is 0. The first kappa shape index (κ1) is 17.9. The molecule has 6 heteroatoms. The largest absolute Gasteiger partial charge is 0.417 e. The number of rotatable bonds is 4. The van der Waals surface area contributed by atoms with E-state index in [9.17, 15) is 18.0 Å². The van der Waals surface area contributed by atoms with Crippen molar-refractivity contribution in [2.24, 2.45) is 0 Å². The molecule has 1 N–H and O–H groups in total. The van der Waals surface area contributed by atoms with Crippen LogP contribution in [0.4, 0.5) is 18.9 Å². The highest BCUT2D eigenvalue weighted by molar-refractivity contribution is 7.13. The van der Waals surface area contributed by atoms with Gasteiger partial charge in [0.1, 0.15) is 0 Å². The molecule has 3 aromatic rings. The molecule has 0 atom stereocenters. The molecular formula is C20H14F3NOS. The topological polar surface area (TPSA) is 29.1 Å². The second-order valence-corrected chi connectivity index (χ2v) is 6.38. The van der Waals surface area contributed by atoms with Gasteiger partial charge in [-0.3, -0.25) is 4.79 Å². The van der Waals surface area contributed by atoms with Gasteiger partial charge in [-0.05, 0) is 23.1 Å². The van der Waals surface area contributed by atoms with Crippen LogP contribution in [0.15, 0.2) is 78.2 Å². The van der Waals surface area contributed by atoms with Crippen LogP contribution in [0.25, 0.3) is 16.0 Å². The Labute approximate surface area is 152 Å². The van der Waals surface area contributed by atoms with Crippen molar-refractivity contribution in [2.45, 2.75) is 6.18 Å². The number of amides is 1. The standard InChI is InChI=1S/C20H14F3NOS/c21-20(22,23)16(14-7-2-1-3-8-14)13-19(25)24-17-10-5-4-9-15(17)18-11-6-12-26-18/h1-13H,(H,24,25)/b16-13-. The lowest BCUT2D eigenvalue weighted by atomic mass is 10.0. The zero-order chi connectivity index (χ0) is 18.6. The summed E-state index contributed by atoms with van der Waals surface area (Å²) in [4.78, 5) is 13.2. The number of anilines is 1. The Hall–Kier alpha value is -2.86. The van der Waals surface area contributed by atoms with E-state index in [0.717, 1.165) is 10.4 Å². The predicted molar refractivity (Wildman–Crippen MR) is 98.9 cm³/mol. The minimum atomic E-state index is -4.63. The van der Waals surface area contributed by atoms with E-state index in [-0.39, 0.29) is 5.56 Å². The summed E-state index contributed by atoms with van der Waals surface area (Å²) in [5.74, 6) is -0.829. The zero-order valence-electron chi connectivity index (χ0n) is 13.5. The molecule has 1 heterocycles. The van der Waals surface area contributed by atoms with Crippen LogP contribution in [0.3, 0.4) is 0 Å². The molecule has 0 aliphatic rings. The number of para-hydroxylation sites is 1. The van der Waals surface area contributed by atoms with Gasteiger partial charge in [-0.25, -0.2) is 0 Å². The quantitative estimate of drug-likeness (QED) is 0.559. The first-order chi connectivity index (χ1) is 12.4. The first-order valence-corrected chi connectivity index (χ1v) is 8.61. The molecule has 3 rings (SSSR count). The summed E-state index contributed by atoms with van der Waals surface area (Å²) in [5.41, 5.74) is 0.189. The third-order valence-electron chi connectivity index (χ3n) is 3.64. The maximum atomic E-state index is 13.4. The highest BCUT2D eigenvalue weighted by Gasteiger charge is 2.35. The average Bonchev–Trinajstić information content (AvgIpc) is 3.14. The summed E-state index contributed by atoms with van der Waals surface area (Å²) in [5, 5.41) is 4.46. The predicted octanol–water partition coefficient (Wildman–Crippen LogP) is 6.00. The van der Waals surface area contributed by atoms with Crippen molar-refractivity contribution >= 4 is 28.5 Å². The van der Waals surface area contributed by atoms with Gasteiger partial charge < -0.3 is 5.32 Å². The molecule has 0 radical (unpaired) electrons. The molecule has 0 bridgehead atoms. The molecule has 2 nitrogen and oxygen atoms in total. The number of halogens is 3. The Balaban J connectivity index is 1.92. The van der Waals surface area contributed by atoms with Crippen LogP contribution in [-0.4, -0.2) is 12.1 Å². The van der Waals surface area contributed by atoms with Crippen molar-refractivity contribution in [1.29, 1.82) is 0 Å². The van der Waals surface area contributed by atoms with Crippen molar-refractivity contribution in [1.82, 2.24) is 0 Å². The van der Waals surface area contributed by atoms with Gasteiger partial charge in [0.15, 0.2) is 0 Å². The van der Waals surface area contributed by atoms with Gasteiger partial charge in [-0.1, -0.05) is 54.6 Å². The molecule has 0 unspecified atom stereocenters. The second kappa shape index (κ2) is 7.58. The molecule has 1 amide bonds. The fourth-order valence-corrected chi connectivity index (χ4v) is 3.25. The first-order valence-electron chi connectivity index (χ1n) is 7.73. The van der Waals surface area contributed by atoms with Crippen LogP contribution in [0.1, 0.15) is 5.56 Å². The SMILES string of the molecule is O=C(/C=C(/c1ccccc1)C(F)(F)F)Nc1ccccc1-c1cccs1. The van der Waals surface area contributed by atoms with Crippen LogP contribution in [-0.2, 0) is 4.79 Å². The Kier molecular flexibility index (Phi) is 5.23. The van der Waals surface area contributed by atoms with Crippen LogP contribution >= 0.6 is 11.3 Å². The fraction of sp³-hybridized carbons (Fsp3) is 0.0500. The lowest BCUT2D eigenvalue weighted by Gasteiger charge is -2.13. The van der Waals surface area contributed by atoms with Crippen molar-refractivity contribution < 1.29 is 18.0 Å². The molecular weight excluding hydrogens is 359 g/mol. The molecule has 0 spiro atoms. The molecule has 0 aliphatic heterocycles. The Morgan fingerprint density at radius 1 is 0.923 bits per heavy atom. The number of carbonyl (C=O) groups excluding carboxylic acids is 1. The van der Waals surface area contributed by atoms with E-state index in [1.54, 1.807) is 18.2 Å². The molecule has 0 aliphatic carbocycles. The molecule has 26 heavy (non-hydrogen) atoms. The molecule has 0 fully saturated rings. The third-order valence-corrected chi connectivity index (χ3v) is 4.54. The van der Waals surface area contributed by atoms with Crippen LogP contribution in [0.2, 0.25) is 0 Å². The highest BCUT2D eigenvalue weighted by atomic mass is 32.1. The third kappa shape index (κ3) is 4.21. The number of benzene rings is 2. The van der Waals surface area contributed by atoms with E-state index in [1.165, 1.54) is 35.6 Å². The number of nitrogens with one attached hydrogen (secondary N) is 1. The summed E-state index contributed by atoms with van der Waals surface area (Å²) in [6, 6.07) is 18.0. The summed E-state index contributed by atoms with van der Waals surface area (Å²) in [6.45, 7) is 0. The lowest BCUT2D eigenvalue weighted by Crippen LogP contribution is -2.16. The van der Waals surface area contributed by atoms with Crippen LogP contribution in [0, 0.1) is 0 Å².